The Morgan fingerprint density at radius 2 is 1.82 bits per heavy atom. The van der Waals surface area contributed by atoms with Crippen molar-refractivity contribution in [3.63, 3.8) is 0 Å². The monoisotopic (exact) mass is 294 g/mol. The summed E-state index contributed by atoms with van der Waals surface area (Å²) >= 11 is 0. The SMILES string of the molecule is CCCCC(C)(C)c1cc(O)c2c(c1)oc1cc3cc(c12)C3. The number of furan rings is 1. The molecule has 2 aromatic carbocycles. The molecule has 0 atom stereocenters. The summed E-state index contributed by atoms with van der Waals surface area (Å²) in [6.07, 6.45) is 4.50. The van der Waals surface area contributed by atoms with E-state index in [2.05, 4.69) is 39.0 Å². The van der Waals surface area contributed by atoms with Gasteiger partial charge in [0.05, 0.1) is 5.39 Å². The molecule has 0 unspecified atom stereocenters. The van der Waals surface area contributed by atoms with Crippen molar-refractivity contribution in [2.45, 2.75) is 51.9 Å². The Kier molecular flexibility index (Phi) is 2.81. The van der Waals surface area contributed by atoms with E-state index in [9.17, 15) is 5.11 Å². The second kappa shape index (κ2) is 4.52. The van der Waals surface area contributed by atoms with E-state index >= 15 is 0 Å². The van der Waals surface area contributed by atoms with E-state index in [-0.39, 0.29) is 5.41 Å². The fourth-order valence-electron chi connectivity index (χ4n) is 3.64. The molecule has 2 aliphatic rings. The zero-order chi connectivity index (χ0) is 15.5. The van der Waals surface area contributed by atoms with Gasteiger partial charge in [-0.2, -0.15) is 0 Å². The first-order valence-electron chi connectivity index (χ1n) is 8.21. The summed E-state index contributed by atoms with van der Waals surface area (Å²) in [7, 11) is 0. The zero-order valence-corrected chi connectivity index (χ0v) is 13.5. The highest BCUT2D eigenvalue weighted by Gasteiger charge is 2.25. The number of unbranched alkanes of at least 4 members (excludes halogenated alkanes) is 1. The number of aromatic hydroxyl groups is 1. The predicted molar refractivity (Wildman–Crippen MR) is 90.7 cm³/mol. The third-order valence-corrected chi connectivity index (χ3v) is 5.13. The Hall–Kier alpha value is -1.96. The van der Waals surface area contributed by atoms with E-state index in [1.54, 1.807) is 0 Å². The van der Waals surface area contributed by atoms with Crippen LogP contribution in [0.5, 0.6) is 5.75 Å². The van der Waals surface area contributed by atoms with E-state index < -0.39 is 0 Å². The molecule has 2 nitrogen and oxygen atoms in total. The van der Waals surface area contributed by atoms with Crippen molar-refractivity contribution >= 4 is 21.9 Å². The summed E-state index contributed by atoms with van der Waals surface area (Å²) < 4.78 is 6.04. The van der Waals surface area contributed by atoms with Crippen molar-refractivity contribution in [2.24, 2.45) is 0 Å². The molecule has 114 valence electrons. The van der Waals surface area contributed by atoms with Crippen molar-refractivity contribution in [3.05, 3.63) is 41.0 Å². The number of phenolic OH excluding ortho intramolecular Hbond substituents is 1. The van der Waals surface area contributed by atoms with Gasteiger partial charge in [-0.25, -0.2) is 0 Å². The molecule has 1 N–H and O–H groups in total. The highest BCUT2D eigenvalue weighted by Crippen LogP contribution is 2.44. The van der Waals surface area contributed by atoms with Crippen molar-refractivity contribution in [1.82, 2.24) is 0 Å². The number of rotatable bonds is 4. The third-order valence-electron chi connectivity index (χ3n) is 5.13. The van der Waals surface area contributed by atoms with Crippen molar-refractivity contribution in [3.8, 4) is 5.75 Å². The van der Waals surface area contributed by atoms with Gasteiger partial charge in [0.1, 0.15) is 16.9 Å². The smallest absolute Gasteiger partial charge is 0.139 e. The first-order chi connectivity index (χ1) is 10.5. The highest BCUT2D eigenvalue weighted by molar-refractivity contribution is 6.11. The molecule has 0 spiro atoms. The lowest BCUT2D eigenvalue weighted by Crippen LogP contribution is -2.16. The lowest BCUT2D eigenvalue weighted by Gasteiger charge is -2.25. The number of benzene rings is 2. The van der Waals surface area contributed by atoms with Gasteiger partial charge in [-0.15, -0.1) is 0 Å². The minimum Gasteiger partial charge on any atom is -0.507 e. The van der Waals surface area contributed by atoms with E-state index in [0.29, 0.717) is 5.75 Å². The lowest BCUT2D eigenvalue weighted by molar-refractivity contribution is 0.447. The van der Waals surface area contributed by atoms with Crippen LogP contribution in [0.15, 0.2) is 28.7 Å². The van der Waals surface area contributed by atoms with Crippen LogP contribution >= 0.6 is 0 Å². The summed E-state index contributed by atoms with van der Waals surface area (Å²) in [6.45, 7) is 6.70. The summed E-state index contributed by atoms with van der Waals surface area (Å²) in [5, 5.41) is 12.6. The summed E-state index contributed by atoms with van der Waals surface area (Å²) in [4.78, 5) is 0. The molecule has 0 aliphatic heterocycles. The molecular formula is C20H22O2. The average Bonchev–Trinajstić information content (AvgIpc) is 2.83. The predicted octanol–water partition coefficient (Wildman–Crippen LogP) is 5.66. The minimum atomic E-state index is 0.0504. The van der Waals surface area contributed by atoms with Gasteiger partial charge in [0.15, 0.2) is 0 Å². The van der Waals surface area contributed by atoms with Crippen molar-refractivity contribution < 1.29 is 9.52 Å². The molecule has 2 bridgehead atoms. The van der Waals surface area contributed by atoms with E-state index in [1.807, 2.05) is 6.07 Å². The maximum Gasteiger partial charge on any atom is 0.139 e. The highest BCUT2D eigenvalue weighted by atomic mass is 16.3. The molecule has 0 radical (unpaired) electrons. The summed E-state index contributed by atoms with van der Waals surface area (Å²) in [5.41, 5.74) is 5.55. The quantitative estimate of drug-likeness (QED) is 0.526. The van der Waals surface area contributed by atoms with Gasteiger partial charge in [-0.1, -0.05) is 39.7 Å². The molecule has 1 heterocycles. The molecule has 2 aliphatic carbocycles. The fourth-order valence-corrected chi connectivity index (χ4v) is 3.64. The number of hydrogen-bond acceptors (Lipinski definition) is 2. The van der Waals surface area contributed by atoms with Gasteiger partial charge in [-0.3, -0.25) is 0 Å². The zero-order valence-electron chi connectivity index (χ0n) is 13.5. The molecule has 22 heavy (non-hydrogen) atoms. The van der Waals surface area contributed by atoms with Crippen molar-refractivity contribution in [2.75, 3.05) is 0 Å². The molecule has 0 saturated heterocycles. The molecule has 0 saturated carbocycles. The molecule has 3 aromatic rings. The van der Waals surface area contributed by atoms with Crippen LogP contribution in [0.1, 0.15) is 56.7 Å². The molecule has 5 rings (SSSR count). The van der Waals surface area contributed by atoms with Crippen LogP contribution in [0, 0.1) is 0 Å². The maximum atomic E-state index is 10.6. The van der Waals surface area contributed by atoms with Gasteiger partial charge in [0.25, 0.3) is 0 Å². The van der Waals surface area contributed by atoms with E-state index in [0.717, 1.165) is 40.3 Å². The Balaban J connectivity index is 1.91. The Labute approximate surface area is 130 Å². The first-order valence-corrected chi connectivity index (χ1v) is 8.21. The van der Waals surface area contributed by atoms with Crippen LogP contribution in [0.3, 0.4) is 0 Å². The summed E-state index contributed by atoms with van der Waals surface area (Å²) in [5.74, 6) is 0.353. The molecule has 0 amide bonds. The minimum absolute atomic E-state index is 0.0504. The van der Waals surface area contributed by atoms with Crippen LogP contribution in [0.25, 0.3) is 21.9 Å². The lowest BCUT2D eigenvalue weighted by atomic mass is 9.79. The van der Waals surface area contributed by atoms with Crippen LogP contribution < -0.4 is 0 Å². The number of phenols is 1. The average molecular weight is 294 g/mol. The molecule has 0 fully saturated rings. The standard InChI is InChI=1S/C20H22O2/c1-4-5-6-20(2,3)14-10-15(21)19-17(11-14)22-16-9-12-7-13(8-12)18(16)19/h7,9-11,21H,4-6,8H2,1-3H3. The molecule has 2 heteroatoms. The fraction of sp³-hybridized carbons (Fsp3) is 0.400. The molecular weight excluding hydrogens is 272 g/mol. The Morgan fingerprint density at radius 3 is 2.55 bits per heavy atom. The number of hydrogen-bond donors (Lipinski definition) is 1. The molecule has 1 aromatic heterocycles. The second-order valence-electron chi connectivity index (χ2n) is 7.26. The topological polar surface area (TPSA) is 33.4 Å². The van der Waals surface area contributed by atoms with Crippen LogP contribution in [-0.2, 0) is 11.8 Å². The van der Waals surface area contributed by atoms with Crippen molar-refractivity contribution in [1.29, 1.82) is 0 Å². The maximum absolute atomic E-state index is 10.6. The van der Waals surface area contributed by atoms with Crippen LogP contribution in [-0.4, -0.2) is 5.11 Å². The van der Waals surface area contributed by atoms with Crippen LogP contribution in [0.2, 0.25) is 0 Å². The van der Waals surface area contributed by atoms with Crippen LogP contribution in [0.4, 0.5) is 0 Å². The van der Waals surface area contributed by atoms with Gasteiger partial charge < -0.3 is 9.52 Å². The largest absolute Gasteiger partial charge is 0.507 e. The van der Waals surface area contributed by atoms with E-state index in [1.165, 1.54) is 24.0 Å². The summed E-state index contributed by atoms with van der Waals surface area (Å²) in [6, 6.07) is 8.35. The van der Waals surface area contributed by atoms with Gasteiger partial charge >= 0.3 is 0 Å². The Morgan fingerprint density at radius 1 is 1.09 bits per heavy atom. The van der Waals surface area contributed by atoms with Gasteiger partial charge in [-0.05, 0) is 53.1 Å². The normalized spacial score (nSPS) is 13.8. The Bertz CT molecular complexity index is 884. The van der Waals surface area contributed by atoms with Gasteiger partial charge in [0.2, 0.25) is 0 Å². The third kappa shape index (κ3) is 1.86. The van der Waals surface area contributed by atoms with E-state index in [4.69, 9.17) is 4.42 Å². The second-order valence-corrected chi connectivity index (χ2v) is 7.26. The first kappa shape index (κ1) is 13.7. The van der Waals surface area contributed by atoms with Gasteiger partial charge in [0, 0.05) is 5.39 Å². The number of fused-ring (bicyclic) bond motifs is 1.